The Labute approximate surface area is 205 Å². The molecule has 2 fully saturated rings. The molecule has 0 saturated carbocycles. The van der Waals surface area contributed by atoms with Gasteiger partial charge >= 0.3 is 0 Å². The van der Waals surface area contributed by atoms with Crippen LogP contribution >= 0.6 is 11.6 Å². The molecule has 2 saturated heterocycles. The summed E-state index contributed by atoms with van der Waals surface area (Å²) >= 11 is 6.26. The second-order valence-electron chi connectivity index (χ2n) is 8.69. The summed E-state index contributed by atoms with van der Waals surface area (Å²) in [5.41, 5.74) is 0.619. The zero-order valence-corrected chi connectivity index (χ0v) is 20.3. The first kappa shape index (κ1) is 24.3. The van der Waals surface area contributed by atoms with Crippen molar-refractivity contribution in [2.45, 2.75) is 37.4 Å². The lowest BCUT2D eigenvalue weighted by Crippen LogP contribution is -2.34. The van der Waals surface area contributed by atoms with E-state index < -0.39 is 46.3 Å². The van der Waals surface area contributed by atoms with Crippen molar-refractivity contribution in [3.8, 4) is 5.88 Å². The molecule has 13 heteroatoms. The molecule has 9 nitrogen and oxygen atoms in total. The van der Waals surface area contributed by atoms with Gasteiger partial charge < -0.3 is 24.1 Å². The largest absolute Gasteiger partial charge is 0.472 e. The molecular weight excluding hydrogens is 508 g/mol. The van der Waals surface area contributed by atoms with E-state index in [0.29, 0.717) is 17.3 Å². The number of rotatable bonds is 5. The number of aliphatic imine (C=N–C) groups is 1. The predicted octanol–water partition coefficient (Wildman–Crippen LogP) is 3.08. The van der Waals surface area contributed by atoms with Gasteiger partial charge in [-0.05, 0) is 6.07 Å². The SMILES string of the molecule is CS(C)(=O)=Nc1cc(F)c(COc2nc3c(cc2Cl)N=C(O[C@@H]2CO[C@H]4[C@@H]2OC[C@H]4O)C3)c(F)c1. The van der Waals surface area contributed by atoms with Gasteiger partial charge in [-0.3, -0.25) is 0 Å². The molecule has 1 N–H and O–H groups in total. The van der Waals surface area contributed by atoms with E-state index in [9.17, 15) is 18.1 Å². The highest BCUT2D eigenvalue weighted by Crippen LogP contribution is 2.36. The Morgan fingerprint density at radius 1 is 1.20 bits per heavy atom. The highest BCUT2D eigenvalue weighted by molar-refractivity contribution is 7.92. The first-order valence-electron chi connectivity index (χ1n) is 10.7. The summed E-state index contributed by atoms with van der Waals surface area (Å²) in [5.74, 6) is -1.40. The van der Waals surface area contributed by atoms with Gasteiger partial charge in [0.25, 0.3) is 0 Å². The maximum absolute atomic E-state index is 14.5. The lowest BCUT2D eigenvalue weighted by atomic mass is 10.1. The molecule has 0 spiro atoms. The van der Waals surface area contributed by atoms with Crippen molar-refractivity contribution < 1.29 is 37.0 Å². The number of pyridine rings is 1. The maximum Gasteiger partial charge on any atom is 0.233 e. The molecule has 4 atom stereocenters. The Balaban J connectivity index is 1.26. The minimum Gasteiger partial charge on any atom is -0.472 e. The molecule has 4 heterocycles. The molecule has 188 valence electrons. The third-order valence-corrected chi connectivity index (χ3v) is 6.56. The van der Waals surface area contributed by atoms with Crippen LogP contribution < -0.4 is 4.74 Å². The Bertz CT molecular complexity index is 1300. The minimum absolute atomic E-state index is 0.00826. The van der Waals surface area contributed by atoms with E-state index in [1.807, 2.05) is 0 Å². The molecule has 1 aromatic carbocycles. The molecule has 1 aromatic heterocycles. The van der Waals surface area contributed by atoms with E-state index in [4.69, 9.17) is 30.5 Å². The monoisotopic (exact) mass is 529 g/mol. The third kappa shape index (κ3) is 5.12. The van der Waals surface area contributed by atoms with Crippen molar-refractivity contribution in [3.05, 3.63) is 46.1 Å². The number of halogens is 3. The number of aliphatic hydroxyl groups is 1. The quantitative estimate of drug-likeness (QED) is 0.633. The fourth-order valence-corrected chi connectivity index (χ4v) is 4.92. The van der Waals surface area contributed by atoms with Gasteiger partial charge in [-0.1, -0.05) is 11.6 Å². The third-order valence-electron chi connectivity index (χ3n) is 5.64. The van der Waals surface area contributed by atoms with Crippen LogP contribution in [0.2, 0.25) is 5.02 Å². The van der Waals surface area contributed by atoms with Crippen LogP contribution in [0, 0.1) is 11.6 Å². The average molecular weight is 530 g/mol. The van der Waals surface area contributed by atoms with Crippen molar-refractivity contribution in [3.63, 3.8) is 0 Å². The minimum atomic E-state index is -2.57. The van der Waals surface area contributed by atoms with E-state index in [1.54, 1.807) is 0 Å². The summed E-state index contributed by atoms with van der Waals surface area (Å²) in [4.78, 5) is 8.74. The molecule has 35 heavy (non-hydrogen) atoms. The number of aromatic nitrogens is 1. The molecule has 0 unspecified atom stereocenters. The summed E-state index contributed by atoms with van der Waals surface area (Å²) in [7, 11) is -2.57. The normalized spacial score (nSPS) is 25.3. The Morgan fingerprint density at radius 3 is 2.63 bits per heavy atom. The van der Waals surface area contributed by atoms with E-state index in [-0.39, 0.29) is 47.9 Å². The van der Waals surface area contributed by atoms with Gasteiger partial charge in [0.05, 0.1) is 42.3 Å². The molecule has 2 aromatic rings. The van der Waals surface area contributed by atoms with Crippen LogP contribution in [-0.4, -0.2) is 70.3 Å². The molecule has 0 bridgehead atoms. The smallest absolute Gasteiger partial charge is 0.233 e. The van der Waals surface area contributed by atoms with E-state index in [0.717, 1.165) is 12.1 Å². The van der Waals surface area contributed by atoms with Crippen LogP contribution in [0.15, 0.2) is 27.6 Å². The maximum atomic E-state index is 14.5. The van der Waals surface area contributed by atoms with E-state index >= 15 is 0 Å². The highest BCUT2D eigenvalue weighted by Gasteiger charge is 2.49. The Hall–Kier alpha value is -2.38. The molecule has 3 aliphatic heterocycles. The fraction of sp³-hybridized carbons (Fsp3) is 0.455. The van der Waals surface area contributed by atoms with Crippen molar-refractivity contribution in [2.75, 3.05) is 25.7 Å². The zero-order valence-electron chi connectivity index (χ0n) is 18.7. The molecule has 0 aliphatic carbocycles. The first-order valence-corrected chi connectivity index (χ1v) is 13.4. The standard InChI is InChI=1S/C22H22ClF2N3O6S/c1-35(2,30)28-10-3-13(24)11(14(25)4-10)7-33-22-12(23)5-15-16(27-22)6-19(26-15)34-18-9-32-20-17(29)8-31-21(18)20/h3-5,17-18,20-21,29H,6-9H2,1-2H3/t17-,18-,20-,21-/m1/s1. The predicted molar refractivity (Wildman–Crippen MR) is 123 cm³/mol. The van der Waals surface area contributed by atoms with Crippen molar-refractivity contribution in [2.24, 2.45) is 9.36 Å². The Kier molecular flexibility index (Phi) is 6.43. The highest BCUT2D eigenvalue weighted by atomic mass is 35.5. The first-order chi connectivity index (χ1) is 16.6. The van der Waals surface area contributed by atoms with Crippen LogP contribution in [0.3, 0.4) is 0 Å². The summed E-state index contributed by atoms with van der Waals surface area (Å²) in [5, 5.41) is 9.98. The number of hydrogen-bond donors (Lipinski definition) is 1. The van der Waals surface area contributed by atoms with Gasteiger partial charge in [-0.15, -0.1) is 0 Å². The average Bonchev–Trinajstić information content (AvgIpc) is 3.43. The molecular formula is C22H22ClF2N3O6S. The number of ether oxygens (including phenoxy) is 4. The summed E-state index contributed by atoms with van der Waals surface area (Å²) in [6, 6.07) is 3.52. The van der Waals surface area contributed by atoms with E-state index in [2.05, 4.69) is 14.3 Å². The van der Waals surface area contributed by atoms with Gasteiger partial charge in [-0.2, -0.15) is 4.36 Å². The van der Waals surface area contributed by atoms with Gasteiger partial charge in [-0.25, -0.2) is 23.0 Å². The topological polar surface area (TPSA) is 112 Å². The molecule has 0 amide bonds. The van der Waals surface area contributed by atoms with Crippen molar-refractivity contribution in [1.29, 1.82) is 0 Å². The number of fused-ring (bicyclic) bond motifs is 2. The van der Waals surface area contributed by atoms with Crippen LogP contribution in [0.25, 0.3) is 0 Å². The second-order valence-corrected chi connectivity index (χ2v) is 11.6. The zero-order chi connectivity index (χ0) is 24.9. The summed E-state index contributed by atoms with van der Waals surface area (Å²) in [6.07, 6.45) is 1.10. The van der Waals surface area contributed by atoms with Crippen LogP contribution in [-0.2, 0) is 37.0 Å². The van der Waals surface area contributed by atoms with Crippen molar-refractivity contribution in [1.82, 2.24) is 4.98 Å². The van der Waals surface area contributed by atoms with Crippen molar-refractivity contribution >= 4 is 38.6 Å². The number of aliphatic hydroxyl groups excluding tert-OH is 1. The number of hydrogen-bond acceptors (Lipinski definition) is 9. The van der Waals surface area contributed by atoms with Crippen LogP contribution in [0.5, 0.6) is 5.88 Å². The number of benzene rings is 1. The van der Waals surface area contributed by atoms with Gasteiger partial charge in [0.1, 0.15) is 41.6 Å². The summed E-state index contributed by atoms with van der Waals surface area (Å²) < 4.78 is 67.1. The molecule has 5 rings (SSSR count). The lowest BCUT2D eigenvalue weighted by molar-refractivity contribution is 0.00558. The van der Waals surface area contributed by atoms with Gasteiger partial charge in [0.15, 0.2) is 12.0 Å². The second kappa shape index (κ2) is 9.25. The lowest BCUT2D eigenvalue weighted by Gasteiger charge is -2.17. The summed E-state index contributed by atoms with van der Waals surface area (Å²) in [6.45, 7) is -0.0132. The molecule has 0 radical (unpaired) electrons. The van der Waals surface area contributed by atoms with Crippen LogP contribution in [0.4, 0.5) is 20.2 Å². The number of nitrogens with zero attached hydrogens (tertiary/aromatic N) is 3. The fourth-order valence-electron chi connectivity index (χ4n) is 4.11. The van der Waals surface area contributed by atoms with Crippen LogP contribution in [0.1, 0.15) is 11.3 Å². The van der Waals surface area contributed by atoms with Gasteiger partial charge in [0.2, 0.25) is 5.88 Å². The Morgan fingerprint density at radius 2 is 1.91 bits per heavy atom. The van der Waals surface area contributed by atoms with Gasteiger partial charge in [0, 0.05) is 34.4 Å². The molecule has 3 aliphatic rings. The van der Waals surface area contributed by atoms with E-state index in [1.165, 1.54) is 18.6 Å².